The van der Waals surface area contributed by atoms with Gasteiger partial charge in [-0.15, -0.1) is 0 Å². The first-order chi connectivity index (χ1) is 14.1. The average molecular weight is 395 g/mol. The van der Waals surface area contributed by atoms with Crippen LogP contribution >= 0.6 is 0 Å². The molecular weight excluding hydrogens is 362 g/mol. The first-order valence-electron chi connectivity index (χ1n) is 11.3. The van der Waals surface area contributed by atoms with Crippen LogP contribution in [0.4, 0.5) is 8.78 Å². The van der Waals surface area contributed by atoms with Crippen LogP contribution in [0.3, 0.4) is 0 Å². The molecule has 0 radical (unpaired) electrons. The topological polar surface area (TPSA) is 0 Å². The zero-order chi connectivity index (χ0) is 20.2. The van der Waals surface area contributed by atoms with Crippen molar-refractivity contribution in [1.82, 2.24) is 0 Å². The summed E-state index contributed by atoms with van der Waals surface area (Å²) in [6, 6.07) is 10.7. The maximum Gasteiger partial charge on any atom is 0.159 e. The highest BCUT2D eigenvalue weighted by Gasteiger charge is 2.30. The lowest BCUT2D eigenvalue weighted by Gasteiger charge is -2.36. The summed E-state index contributed by atoms with van der Waals surface area (Å²) < 4.78 is 26.8. The summed E-state index contributed by atoms with van der Waals surface area (Å²) in [6.45, 7) is 2.11. The Morgan fingerprint density at radius 2 is 1.59 bits per heavy atom. The molecule has 0 bridgehead atoms. The van der Waals surface area contributed by atoms with Gasteiger partial charge in [0.2, 0.25) is 0 Å². The van der Waals surface area contributed by atoms with E-state index in [4.69, 9.17) is 0 Å². The number of rotatable bonds is 5. The summed E-state index contributed by atoms with van der Waals surface area (Å²) >= 11 is 0. The second-order valence-corrected chi connectivity index (χ2v) is 9.04. The molecule has 1 fully saturated rings. The van der Waals surface area contributed by atoms with Crippen molar-refractivity contribution in [2.45, 2.75) is 64.7 Å². The summed E-state index contributed by atoms with van der Waals surface area (Å²) in [7, 11) is 0. The van der Waals surface area contributed by atoms with E-state index in [2.05, 4.69) is 37.3 Å². The minimum atomic E-state index is -0.786. The first kappa shape index (κ1) is 20.3. The Bertz CT molecular complexity index is 859. The highest BCUT2D eigenvalue weighted by molar-refractivity contribution is 5.65. The first-order valence-corrected chi connectivity index (χ1v) is 11.3. The molecule has 29 heavy (non-hydrogen) atoms. The van der Waals surface area contributed by atoms with E-state index in [-0.39, 0.29) is 0 Å². The van der Waals surface area contributed by atoms with Crippen molar-refractivity contribution in [3.63, 3.8) is 0 Å². The monoisotopic (exact) mass is 394 g/mol. The standard InChI is InChI=1S/C27H32F2/c1-2-3-4-5-19-6-8-20(9-7-19)21-10-11-23-17-24(13-12-22(23)16-21)25-14-15-26(28)27(29)18-25/h2-3,12-15,17-21H,4-11,16H2,1H3/b3-2+. The molecule has 2 heteroatoms. The van der Waals surface area contributed by atoms with Crippen LogP contribution in [0.15, 0.2) is 48.6 Å². The van der Waals surface area contributed by atoms with E-state index in [1.165, 1.54) is 74.6 Å². The second-order valence-electron chi connectivity index (χ2n) is 9.04. The molecule has 2 aliphatic rings. The number of hydrogen-bond acceptors (Lipinski definition) is 0. The van der Waals surface area contributed by atoms with Crippen LogP contribution in [0.2, 0.25) is 0 Å². The van der Waals surface area contributed by atoms with Gasteiger partial charge in [0.25, 0.3) is 0 Å². The largest absolute Gasteiger partial charge is 0.204 e. The van der Waals surface area contributed by atoms with Gasteiger partial charge in [0.05, 0.1) is 0 Å². The zero-order valence-electron chi connectivity index (χ0n) is 17.5. The minimum Gasteiger partial charge on any atom is -0.204 e. The molecule has 2 aromatic carbocycles. The Labute approximate surface area is 174 Å². The molecule has 0 aliphatic heterocycles. The molecule has 1 atom stereocenters. The molecule has 0 aromatic heterocycles. The Kier molecular flexibility index (Phi) is 6.47. The van der Waals surface area contributed by atoms with Crippen molar-refractivity contribution in [1.29, 1.82) is 0 Å². The molecule has 0 amide bonds. The van der Waals surface area contributed by atoms with Crippen molar-refractivity contribution in [2.24, 2.45) is 17.8 Å². The minimum absolute atomic E-state index is 0.755. The lowest BCUT2D eigenvalue weighted by Crippen LogP contribution is -2.26. The van der Waals surface area contributed by atoms with Crippen LogP contribution < -0.4 is 0 Å². The van der Waals surface area contributed by atoms with Crippen molar-refractivity contribution in [3.05, 3.63) is 71.3 Å². The molecule has 0 heterocycles. The summed E-state index contributed by atoms with van der Waals surface area (Å²) in [4.78, 5) is 0. The average Bonchev–Trinajstić information content (AvgIpc) is 2.75. The van der Waals surface area contributed by atoms with E-state index in [9.17, 15) is 8.78 Å². The summed E-state index contributed by atoms with van der Waals surface area (Å²) in [5.41, 5.74) is 4.60. The fraction of sp³-hybridized carbons (Fsp3) is 0.481. The SMILES string of the molecule is C/C=C/CCC1CCC(C2CCc3cc(-c4ccc(F)c(F)c4)ccc3C2)CC1. The molecule has 2 aromatic rings. The van der Waals surface area contributed by atoms with E-state index in [0.29, 0.717) is 0 Å². The van der Waals surface area contributed by atoms with Crippen molar-refractivity contribution < 1.29 is 8.78 Å². The van der Waals surface area contributed by atoms with Crippen molar-refractivity contribution >= 4 is 0 Å². The van der Waals surface area contributed by atoms with Crippen molar-refractivity contribution in [2.75, 3.05) is 0 Å². The molecule has 0 N–H and O–H groups in total. The van der Waals surface area contributed by atoms with E-state index >= 15 is 0 Å². The van der Waals surface area contributed by atoms with Crippen LogP contribution in [-0.2, 0) is 12.8 Å². The van der Waals surface area contributed by atoms with Crippen molar-refractivity contribution in [3.8, 4) is 11.1 Å². The number of hydrogen-bond donors (Lipinski definition) is 0. The predicted octanol–water partition coefficient (Wildman–Crippen LogP) is 7.90. The molecule has 1 saturated carbocycles. The van der Waals surface area contributed by atoms with Gasteiger partial charge in [-0.3, -0.25) is 0 Å². The number of halogens is 2. The molecule has 2 aliphatic carbocycles. The van der Waals surface area contributed by atoms with Gasteiger partial charge in [-0.1, -0.05) is 49.3 Å². The van der Waals surface area contributed by atoms with Gasteiger partial charge in [0, 0.05) is 0 Å². The van der Waals surface area contributed by atoms with Gasteiger partial charge in [0.1, 0.15) is 0 Å². The van der Waals surface area contributed by atoms with Crippen LogP contribution in [0.1, 0.15) is 63.0 Å². The summed E-state index contributed by atoms with van der Waals surface area (Å²) in [6.07, 6.45) is 16.2. The molecular formula is C27H32F2. The number of allylic oxidation sites excluding steroid dienone is 2. The summed E-state index contributed by atoms with van der Waals surface area (Å²) in [5.74, 6) is 1.06. The zero-order valence-corrected chi connectivity index (χ0v) is 17.5. The van der Waals surface area contributed by atoms with E-state index in [0.717, 1.165) is 35.3 Å². The number of benzene rings is 2. The third-order valence-corrected chi connectivity index (χ3v) is 7.26. The number of fused-ring (bicyclic) bond motifs is 1. The van der Waals surface area contributed by atoms with Crippen LogP contribution in [0.5, 0.6) is 0 Å². The second kappa shape index (κ2) is 9.24. The smallest absolute Gasteiger partial charge is 0.159 e. The van der Waals surface area contributed by atoms with Crippen LogP contribution in [0.25, 0.3) is 11.1 Å². The number of aryl methyl sites for hydroxylation is 1. The van der Waals surface area contributed by atoms with Gasteiger partial charge in [-0.2, -0.15) is 0 Å². The Hall–Kier alpha value is -1.96. The predicted molar refractivity (Wildman–Crippen MR) is 117 cm³/mol. The molecule has 1 unspecified atom stereocenters. The Morgan fingerprint density at radius 3 is 2.34 bits per heavy atom. The quantitative estimate of drug-likeness (QED) is 0.452. The fourth-order valence-corrected chi connectivity index (χ4v) is 5.49. The maximum atomic E-state index is 13.6. The van der Waals surface area contributed by atoms with Crippen LogP contribution in [-0.4, -0.2) is 0 Å². The Balaban J connectivity index is 1.38. The molecule has 154 valence electrons. The van der Waals surface area contributed by atoms with Crippen LogP contribution in [0, 0.1) is 29.4 Å². The van der Waals surface area contributed by atoms with Gasteiger partial charge >= 0.3 is 0 Å². The normalized spacial score (nSPS) is 24.6. The molecule has 0 spiro atoms. The van der Waals surface area contributed by atoms with E-state index in [1.807, 2.05) is 0 Å². The molecule has 0 saturated heterocycles. The van der Waals surface area contributed by atoms with Gasteiger partial charge in [-0.05, 0) is 104 Å². The van der Waals surface area contributed by atoms with Gasteiger partial charge in [-0.25, -0.2) is 8.78 Å². The summed E-state index contributed by atoms with van der Waals surface area (Å²) in [5, 5.41) is 0. The van der Waals surface area contributed by atoms with E-state index < -0.39 is 11.6 Å². The third-order valence-electron chi connectivity index (χ3n) is 7.26. The highest BCUT2D eigenvalue weighted by Crippen LogP contribution is 2.41. The maximum absolute atomic E-state index is 13.6. The lowest BCUT2D eigenvalue weighted by atomic mass is 9.69. The Morgan fingerprint density at radius 1 is 0.828 bits per heavy atom. The molecule has 0 nitrogen and oxygen atoms in total. The third kappa shape index (κ3) is 4.79. The fourth-order valence-electron chi connectivity index (χ4n) is 5.49. The molecule has 4 rings (SSSR count). The van der Waals surface area contributed by atoms with E-state index in [1.54, 1.807) is 6.07 Å². The lowest BCUT2D eigenvalue weighted by molar-refractivity contribution is 0.185. The van der Waals surface area contributed by atoms with Gasteiger partial charge in [0.15, 0.2) is 11.6 Å². The van der Waals surface area contributed by atoms with Gasteiger partial charge < -0.3 is 0 Å². The highest BCUT2D eigenvalue weighted by atomic mass is 19.2.